The summed E-state index contributed by atoms with van der Waals surface area (Å²) in [4.78, 5) is 2.30. The molecular weight excluding hydrogens is 236 g/mol. The second kappa shape index (κ2) is 5.51. The minimum Gasteiger partial charge on any atom is -0.391 e. The van der Waals surface area contributed by atoms with Gasteiger partial charge in [-0.15, -0.1) is 0 Å². The van der Waals surface area contributed by atoms with Crippen LogP contribution in [0.25, 0.3) is 0 Å². The molecule has 0 saturated carbocycles. The Morgan fingerprint density at radius 3 is 2.68 bits per heavy atom. The average Bonchev–Trinajstić information content (AvgIpc) is 2.72. The van der Waals surface area contributed by atoms with E-state index in [0.717, 1.165) is 26.1 Å². The van der Waals surface area contributed by atoms with Crippen LogP contribution in [0.2, 0.25) is 0 Å². The van der Waals surface area contributed by atoms with E-state index >= 15 is 0 Å². The lowest BCUT2D eigenvalue weighted by Gasteiger charge is -2.25. The molecule has 3 heteroatoms. The Morgan fingerprint density at radius 1 is 1.37 bits per heavy atom. The Bertz CT molecular complexity index is 437. The van der Waals surface area contributed by atoms with Gasteiger partial charge in [0.15, 0.2) is 0 Å². The topological polar surface area (TPSA) is 35.5 Å². The van der Waals surface area contributed by atoms with Crippen LogP contribution in [0.1, 0.15) is 38.3 Å². The smallest absolute Gasteiger partial charge is 0.0731 e. The fourth-order valence-electron chi connectivity index (χ4n) is 2.49. The number of hydrogen-bond donors (Lipinski definition) is 2. The van der Waals surface area contributed by atoms with Crippen molar-refractivity contribution < 1.29 is 5.11 Å². The Morgan fingerprint density at radius 2 is 2.11 bits per heavy atom. The number of anilines is 1. The van der Waals surface area contributed by atoms with Crippen molar-refractivity contribution in [3.63, 3.8) is 0 Å². The highest BCUT2D eigenvalue weighted by molar-refractivity contribution is 5.56. The first-order valence-corrected chi connectivity index (χ1v) is 7.13. The molecule has 1 aromatic carbocycles. The number of hydrogen-bond acceptors (Lipinski definition) is 3. The molecule has 2 N–H and O–H groups in total. The molecule has 1 atom stereocenters. The van der Waals surface area contributed by atoms with Gasteiger partial charge in [0.1, 0.15) is 0 Å². The maximum atomic E-state index is 9.71. The monoisotopic (exact) mass is 262 g/mol. The summed E-state index contributed by atoms with van der Waals surface area (Å²) in [7, 11) is 0. The van der Waals surface area contributed by atoms with E-state index in [2.05, 4.69) is 56.1 Å². The molecule has 106 valence electrons. The molecule has 2 rings (SSSR count). The molecule has 0 aromatic heterocycles. The fraction of sp³-hybridized carbons (Fsp3) is 0.625. The van der Waals surface area contributed by atoms with Gasteiger partial charge in [0, 0.05) is 30.9 Å². The number of β-amino-alcohol motifs (C(OH)–C–C–N with tert-alkyl or cyclic N) is 1. The Labute approximate surface area is 116 Å². The van der Waals surface area contributed by atoms with Gasteiger partial charge >= 0.3 is 0 Å². The van der Waals surface area contributed by atoms with E-state index in [1.54, 1.807) is 0 Å². The maximum Gasteiger partial charge on any atom is 0.0731 e. The second-order valence-corrected chi connectivity index (χ2v) is 6.62. The lowest BCUT2D eigenvalue weighted by molar-refractivity contribution is 0.198. The average molecular weight is 262 g/mol. The van der Waals surface area contributed by atoms with Crippen molar-refractivity contribution in [1.82, 2.24) is 5.32 Å². The summed E-state index contributed by atoms with van der Waals surface area (Å²) in [5.41, 5.74) is 3.99. The van der Waals surface area contributed by atoms with Crippen LogP contribution in [0.5, 0.6) is 0 Å². The SMILES string of the molecule is Cc1ccc(N2CCC(O)C2)c(CNC(C)(C)C)c1. The third-order valence-electron chi connectivity index (χ3n) is 3.55. The van der Waals surface area contributed by atoms with E-state index in [0.29, 0.717) is 0 Å². The number of benzene rings is 1. The van der Waals surface area contributed by atoms with Gasteiger partial charge in [0.25, 0.3) is 0 Å². The van der Waals surface area contributed by atoms with E-state index in [-0.39, 0.29) is 11.6 Å². The predicted molar refractivity (Wildman–Crippen MR) is 80.6 cm³/mol. The zero-order chi connectivity index (χ0) is 14.0. The van der Waals surface area contributed by atoms with E-state index in [4.69, 9.17) is 0 Å². The van der Waals surface area contributed by atoms with Gasteiger partial charge in [0.2, 0.25) is 0 Å². The van der Waals surface area contributed by atoms with Crippen LogP contribution in [-0.4, -0.2) is 29.8 Å². The quantitative estimate of drug-likeness (QED) is 0.878. The van der Waals surface area contributed by atoms with E-state index in [1.165, 1.54) is 16.8 Å². The molecule has 0 radical (unpaired) electrons. The molecule has 1 saturated heterocycles. The van der Waals surface area contributed by atoms with Crippen molar-refractivity contribution in [2.24, 2.45) is 0 Å². The van der Waals surface area contributed by atoms with Gasteiger partial charge in [-0.1, -0.05) is 17.7 Å². The number of aryl methyl sites for hydroxylation is 1. The molecule has 19 heavy (non-hydrogen) atoms. The van der Waals surface area contributed by atoms with E-state index in [9.17, 15) is 5.11 Å². The normalized spacial score (nSPS) is 20.1. The number of aliphatic hydroxyl groups is 1. The molecular formula is C16H26N2O. The van der Waals surface area contributed by atoms with Gasteiger partial charge < -0.3 is 15.3 Å². The molecule has 1 unspecified atom stereocenters. The maximum absolute atomic E-state index is 9.71. The Kier molecular flexibility index (Phi) is 4.16. The highest BCUT2D eigenvalue weighted by Gasteiger charge is 2.22. The zero-order valence-electron chi connectivity index (χ0n) is 12.5. The third-order valence-corrected chi connectivity index (χ3v) is 3.55. The molecule has 1 heterocycles. The van der Waals surface area contributed by atoms with Crippen LogP contribution in [0.4, 0.5) is 5.69 Å². The predicted octanol–water partition coefficient (Wildman–Crippen LogP) is 2.45. The summed E-state index contributed by atoms with van der Waals surface area (Å²) in [5, 5.41) is 13.3. The first kappa shape index (κ1) is 14.4. The molecule has 0 spiro atoms. The van der Waals surface area contributed by atoms with Crippen molar-refractivity contribution in [1.29, 1.82) is 0 Å². The summed E-state index contributed by atoms with van der Waals surface area (Å²) in [6, 6.07) is 6.59. The van der Waals surface area contributed by atoms with Crippen molar-refractivity contribution in [3.05, 3.63) is 29.3 Å². The molecule has 1 aliphatic heterocycles. The van der Waals surface area contributed by atoms with Crippen LogP contribution >= 0.6 is 0 Å². The van der Waals surface area contributed by atoms with Crippen LogP contribution in [0.3, 0.4) is 0 Å². The van der Waals surface area contributed by atoms with Crippen LogP contribution in [0.15, 0.2) is 18.2 Å². The lowest BCUT2D eigenvalue weighted by Crippen LogP contribution is -2.35. The van der Waals surface area contributed by atoms with Crippen molar-refractivity contribution in [2.45, 2.75) is 52.3 Å². The van der Waals surface area contributed by atoms with Crippen molar-refractivity contribution >= 4 is 5.69 Å². The van der Waals surface area contributed by atoms with Crippen LogP contribution < -0.4 is 10.2 Å². The highest BCUT2D eigenvalue weighted by atomic mass is 16.3. The summed E-state index contributed by atoms with van der Waals surface area (Å²) in [6.07, 6.45) is 0.699. The van der Waals surface area contributed by atoms with Crippen LogP contribution in [0, 0.1) is 6.92 Å². The number of nitrogens with one attached hydrogen (secondary N) is 1. The van der Waals surface area contributed by atoms with Gasteiger partial charge in [-0.2, -0.15) is 0 Å². The molecule has 1 fully saturated rings. The van der Waals surface area contributed by atoms with Gasteiger partial charge in [0.05, 0.1) is 6.10 Å². The van der Waals surface area contributed by atoms with Crippen molar-refractivity contribution in [2.75, 3.05) is 18.0 Å². The molecule has 1 aliphatic rings. The third kappa shape index (κ3) is 3.95. The molecule has 3 nitrogen and oxygen atoms in total. The highest BCUT2D eigenvalue weighted by Crippen LogP contribution is 2.26. The van der Waals surface area contributed by atoms with E-state index < -0.39 is 0 Å². The number of nitrogens with zero attached hydrogens (tertiary/aromatic N) is 1. The number of rotatable bonds is 3. The van der Waals surface area contributed by atoms with Gasteiger partial charge in [-0.25, -0.2) is 0 Å². The summed E-state index contributed by atoms with van der Waals surface area (Å²) < 4.78 is 0. The van der Waals surface area contributed by atoms with Gasteiger partial charge in [-0.05, 0) is 45.7 Å². The second-order valence-electron chi connectivity index (χ2n) is 6.62. The first-order chi connectivity index (χ1) is 8.85. The largest absolute Gasteiger partial charge is 0.391 e. The van der Waals surface area contributed by atoms with E-state index in [1.807, 2.05) is 0 Å². The lowest BCUT2D eigenvalue weighted by atomic mass is 10.1. The Balaban J connectivity index is 2.18. The van der Waals surface area contributed by atoms with Crippen molar-refractivity contribution in [3.8, 4) is 0 Å². The molecule has 0 aliphatic carbocycles. The Hall–Kier alpha value is -1.06. The minimum atomic E-state index is -0.176. The van der Waals surface area contributed by atoms with Crippen LogP contribution in [-0.2, 0) is 6.54 Å². The number of aliphatic hydroxyl groups excluding tert-OH is 1. The standard InChI is InChI=1S/C16H26N2O/c1-12-5-6-15(18-8-7-14(19)11-18)13(9-12)10-17-16(2,3)4/h5-6,9,14,17,19H,7-8,10-11H2,1-4H3. The fourth-order valence-corrected chi connectivity index (χ4v) is 2.49. The first-order valence-electron chi connectivity index (χ1n) is 7.13. The minimum absolute atomic E-state index is 0.117. The summed E-state index contributed by atoms with van der Waals surface area (Å²) in [6.45, 7) is 11.3. The molecule has 0 bridgehead atoms. The molecule has 0 amide bonds. The molecule has 1 aromatic rings. The summed E-state index contributed by atoms with van der Waals surface area (Å²) >= 11 is 0. The summed E-state index contributed by atoms with van der Waals surface area (Å²) in [5.74, 6) is 0. The zero-order valence-corrected chi connectivity index (χ0v) is 12.5. The van der Waals surface area contributed by atoms with Gasteiger partial charge in [-0.3, -0.25) is 0 Å².